The maximum atomic E-state index is 5.22. The van der Waals surface area contributed by atoms with Crippen LogP contribution in [0.3, 0.4) is 0 Å². The van der Waals surface area contributed by atoms with Crippen LogP contribution in [0.15, 0.2) is 35.0 Å². The number of nitrogens with two attached hydrogens (primary N) is 1. The fraction of sp³-hybridized carbons (Fsp3) is 0.500. The Morgan fingerprint density at radius 1 is 1.44 bits per heavy atom. The minimum atomic E-state index is 0.236. The molecule has 4 heteroatoms. The van der Waals surface area contributed by atoms with Gasteiger partial charge < -0.3 is 0 Å². The van der Waals surface area contributed by atoms with Crippen LogP contribution in [-0.2, 0) is 6.42 Å². The van der Waals surface area contributed by atoms with E-state index in [0.717, 1.165) is 23.1 Å². The van der Waals surface area contributed by atoms with Crippen LogP contribution in [-0.4, -0.2) is 9.73 Å². The van der Waals surface area contributed by atoms with Crippen molar-refractivity contribution in [3.8, 4) is 0 Å². The van der Waals surface area contributed by atoms with E-state index in [1.807, 2.05) is 25.1 Å². The molecule has 2 nitrogen and oxygen atoms in total. The van der Waals surface area contributed by atoms with Crippen molar-refractivity contribution in [2.75, 3.05) is 0 Å². The van der Waals surface area contributed by atoms with Gasteiger partial charge in [0.15, 0.2) is 0 Å². The zero-order chi connectivity index (χ0) is 14.2. The molecule has 0 aliphatic heterocycles. The molecule has 0 radical (unpaired) electrons. The average Bonchev–Trinajstić information content (AvgIpc) is 2.26. The smallest absolute Gasteiger partial charge is 0.106 e. The summed E-state index contributed by atoms with van der Waals surface area (Å²) in [5, 5.41) is 5.22. The molecule has 0 fully saturated rings. The molecule has 1 aromatic heterocycles. The zero-order valence-electron chi connectivity index (χ0n) is 11.7. The molecule has 1 heterocycles. The molecule has 0 atom stereocenters. The number of hydrogen-bond acceptors (Lipinski definition) is 3. The molecule has 0 spiro atoms. The van der Waals surface area contributed by atoms with E-state index in [0.29, 0.717) is 0 Å². The van der Waals surface area contributed by atoms with E-state index in [4.69, 9.17) is 5.14 Å². The third-order valence-corrected chi connectivity index (χ3v) is 3.08. The summed E-state index contributed by atoms with van der Waals surface area (Å²) >= 11 is 4.72. The van der Waals surface area contributed by atoms with Crippen molar-refractivity contribution >= 4 is 27.9 Å². The molecule has 0 aromatic carbocycles. The molecule has 102 valence electrons. The van der Waals surface area contributed by atoms with E-state index in [1.54, 1.807) is 0 Å². The second-order valence-electron chi connectivity index (χ2n) is 5.14. The summed E-state index contributed by atoms with van der Waals surface area (Å²) in [4.78, 5) is 4.32. The number of allylic oxidation sites excluding steroid dienone is 1. The van der Waals surface area contributed by atoms with E-state index in [9.17, 15) is 0 Å². The highest BCUT2D eigenvalue weighted by atomic mass is 79.9. The maximum Gasteiger partial charge on any atom is 0.106 e. The Bertz CT molecular complexity index is 372. The Morgan fingerprint density at radius 2 is 2.00 bits per heavy atom. The lowest BCUT2D eigenvalue weighted by molar-refractivity contribution is 0.804. The van der Waals surface area contributed by atoms with Crippen LogP contribution in [0.2, 0.25) is 0 Å². The van der Waals surface area contributed by atoms with E-state index >= 15 is 0 Å². The first-order chi connectivity index (χ1) is 8.24. The minimum absolute atomic E-state index is 0.236. The quantitative estimate of drug-likeness (QED) is 0.494. The highest BCUT2D eigenvalue weighted by molar-refractivity contribution is 9.10. The standard InChI is InChI=1S/C10H12BrN.C4H11NS/c1-8(2)6-7-9-4-3-5-10(11)12-9;1-4(2,3)6-5/h3-5H,1,6-7H2,2H3;5H2,1-3H3. The monoisotopic (exact) mass is 330 g/mol. The first-order valence-electron chi connectivity index (χ1n) is 5.88. The van der Waals surface area contributed by atoms with Crippen molar-refractivity contribution in [2.45, 2.75) is 45.3 Å². The molecular weight excluding hydrogens is 308 g/mol. The topological polar surface area (TPSA) is 38.9 Å². The Balaban J connectivity index is 0.000000411. The number of pyridine rings is 1. The Hall–Kier alpha value is -0.320. The largest absolute Gasteiger partial charge is 0.277 e. The third kappa shape index (κ3) is 10.8. The Morgan fingerprint density at radius 3 is 2.39 bits per heavy atom. The van der Waals surface area contributed by atoms with Crippen LogP contribution in [0, 0.1) is 0 Å². The van der Waals surface area contributed by atoms with Crippen molar-refractivity contribution < 1.29 is 0 Å². The van der Waals surface area contributed by atoms with E-state index in [2.05, 4.69) is 48.3 Å². The Kier molecular flexibility index (Phi) is 8.57. The molecule has 2 N–H and O–H groups in total. The highest BCUT2D eigenvalue weighted by Gasteiger charge is 2.05. The van der Waals surface area contributed by atoms with Crippen molar-refractivity contribution in [1.82, 2.24) is 4.98 Å². The molecule has 1 rings (SSSR count). The number of rotatable bonds is 3. The van der Waals surface area contributed by atoms with Gasteiger partial charge >= 0.3 is 0 Å². The summed E-state index contributed by atoms with van der Waals surface area (Å²) in [6.07, 6.45) is 2.00. The van der Waals surface area contributed by atoms with Gasteiger partial charge in [0.25, 0.3) is 0 Å². The lowest BCUT2D eigenvalue weighted by Crippen LogP contribution is -2.09. The van der Waals surface area contributed by atoms with Gasteiger partial charge in [-0.25, -0.2) is 4.98 Å². The minimum Gasteiger partial charge on any atom is -0.277 e. The lowest BCUT2D eigenvalue weighted by Gasteiger charge is -2.11. The van der Waals surface area contributed by atoms with Crippen LogP contribution >= 0.6 is 27.9 Å². The van der Waals surface area contributed by atoms with Crippen molar-refractivity contribution in [1.29, 1.82) is 0 Å². The average molecular weight is 331 g/mol. The summed E-state index contributed by atoms with van der Waals surface area (Å²) < 4.78 is 1.14. The molecule has 18 heavy (non-hydrogen) atoms. The van der Waals surface area contributed by atoms with Crippen LogP contribution < -0.4 is 5.14 Å². The van der Waals surface area contributed by atoms with Crippen molar-refractivity contribution in [3.63, 3.8) is 0 Å². The van der Waals surface area contributed by atoms with Gasteiger partial charge in [0.05, 0.1) is 0 Å². The van der Waals surface area contributed by atoms with Gasteiger partial charge in [0.2, 0.25) is 0 Å². The van der Waals surface area contributed by atoms with Crippen molar-refractivity contribution in [2.24, 2.45) is 5.14 Å². The molecule has 0 saturated carbocycles. The lowest BCUT2D eigenvalue weighted by atomic mass is 10.1. The SMILES string of the molecule is C=C(C)CCc1cccc(Br)n1.CC(C)(C)SN. The molecule has 0 unspecified atom stereocenters. The fourth-order valence-electron chi connectivity index (χ4n) is 0.931. The first kappa shape index (κ1) is 17.7. The predicted octanol–water partition coefficient (Wildman–Crippen LogP) is 4.74. The molecule has 0 amide bonds. The fourth-order valence-corrected chi connectivity index (χ4v) is 1.31. The second-order valence-corrected chi connectivity index (χ2v) is 7.41. The second kappa shape index (κ2) is 8.73. The number of aromatic nitrogens is 1. The number of nitrogens with zero attached hydrogens (tertiary/aromatic N) is 1. The van der Waals surface area contributed by atoms with Gasteiger partial charge in [-0.05, 0) is 68.6 Å². The summed E-state index contributed by atoms with van der Waals surface area (Å²) in [6, 6.07) is 5.98. The Labute approximate surface area is 124 Å². The van der Waals surface area contributed by atoms with Gasteiger partial charge in [-0.2, -0.15) is 0 Å². The van der Waals surface area contributed by atoms with E-state index in [1.165, 1.54) is 17.5 Å². The summed E-state index contributed by atoms with van der Waals surface area (Å²) in [6.45, 7) is 12.1. The predicted molar refractivity (Wildman–Crippen MR) is 86.6 cm³/mol. The molecule has 1 aromatic rings. The van der Waals surface area contributed by atoms with Gasteiger partial charge in [0, 0.05) is 10.4 Å². The van der Waals surface area contributed by atoms with E-state index in [-0.39, 0.29) is 4.75 Å². The van der Waals surface area contributed by atoms with Crippen LogP contribution in [0.25, 0.3) is 0 Å². The van der Waals surface area contributed by atoms with Gasteiger partial charge in [0.1, 0.15) is 4.60 Å². The summed E-state index contributed by atoms with van der Waals surface area (Å²) in [7, 11) is 0. The number of halogens is 1. The molecule has 0 saturated heterocycles. The molecule has 0 bridgehead atoms. The molecule has 0 aliphatic rings. The highest BCUT2D eigenvalue weighted by Crippen LogP contribution is 2.15. The normalized spacial score (nSPS) is 10.6. The van der Waals surface area contributed by atoms with Gasteiger partial charge in [-0.1, -0.05) is 23.6 Å². The van der Waals surface area contributed by atoms with Crippen LogP contribution in [0.1, 0.15) is 39.8 Å². The number of aryl methyl sites for hydroxylation is 1. The summed E-state index contributed by atoms with van der Waals surface area (Å²) in [5.41, 5.74) is 2.32. The van der Waals surface area contributed by atoms with Gasteiger partial charge in [-0.15, -0.1) is 6.58 Å². The third-order valence-electron chi connectivity index (χ3n) is 1.93. The van der Waals surface area contributed by atoms with Crippen LogP contribution in [0.4, 0.5) is 0 Å². The van der Waals surface area contributed by atoms with Gasteiger partial charge in [-0.3, -0.25) is 5.14 Å². The van der Waals surface area contributed by atoms with Crippen molar-refractivity contribution in [3.05, 3.63) is 40.6 Å². The molecule has 0 aliphatic carbocycles. The zero-order valence-corrected chi connectivity index (χ0v) is 14.1. The van der Waals surface area contributed by atoms with Crippen LogP contribution in [0.5, 0.6) is 0 Å². The number of hydrogen-bond donors (Lipinski definition) is 1. The summed E-state index contributed by atoms with van der Waals surface area (Å²) in [5.74, 6) is 0. The molecular formula is C14H23BrN2S. The first-order valence-corrected chi connectivity index (χ1v) is 7.55. The van der Waals surface area contributed by atoms with E-state index < -0.39 is 0 Å². The maximum absolute atomic E-state index is 5.22.